The number of rotatable bonds is 9. The highest BCUT2D eigenvalue weighted by molar-refractivity contribution is 5.48. The minimum absolute atomic E-state index is 0.125. The number of nitrogens with zero attached hydrogens (tertiary/aromatic N) is 1. The maximum Gasteiger partial charge on any atom is 0.0579 e. The Bertz CT molecular complexity index is 419. The second kappa shape index (κ2) is 9.97. The van der Waals surface area contributed by atoms with Gasteiger partial charge in [0.2, 0.25) is 0 Å². The van der Waals surface area contributed by atoms with Crippen molar-refractivity contribution in [3.63, 3.8) is 0 Å². The molecule has 0 radical (unpaired) electrons. The summed E-state index contributed by atoms with van der Waals surface area (Å²) in [5.74, 6) is 0. The number of piperidine rings is 1. The second-order valence-electron chi connectivity index (χ2n) is 7.28. The molecule has 2 nitrogen and oxygen atoms in total. The Labute approximate surface area is 142 Å². The Balaban J connectivity index is 1.83. The Morgan fingerprint density at radius 3 is 2.30 bits per heavy atom. The molecule has 0 unspecified atom stereocenters. The summed E-state index contributed by atoms with van der Waals surface area (Å²) in [6, 6.07) is 11.7. The van der Waals surface area contributed by atoms with Crippen molar-refractivity contribution in [2.45, 2.75) is 96.2 Å². The lowest BCUT2D eigenvalue weighted by atomic mass is 9.90. The van der Waals surface area contributed by atoms with Crippen LogP contribution >= 0.6 is 0 Å². The summed E-state index contributed by atoms with van der Waals surface area (Å²) < 4.78 is 0. The smallest absolute Gasteiger partial charge is 0.0579 e. The molecule has 1 aromatic carbocycles. The van der Waals surface area contributed by atoms with Crippen LogP contribution in [-0.4, -0.2) is 23.3 Å². The molecule has 1 fully saturated rings. The highest BCUT2D eigenvalue weighted by atomic mass is 16.3. The van der Waals surface area contributed by atoms with Gasteiger partial charge >= 0.3 is 0 Å². The van der Waals surface area contributed by atoms with E-state index in [0.29, 0.717) is 12.1 Å². The number of para-hydroxylation sites is 1. The number of unbranched alkanes of at least 4 members (excludes halogenated alkanes) is 6. The van der Waals surface area contributed by atoms with Crippen LogP contribution in [0.15, 0.2) is 30.3 Å². The fourth-order valence-electron chi connectivity index (χ4n) is 4.05. The van der Waals surface area contributed by atoms with Gasteiger partial charge < -0.3 is 10.0 Å². The van der Waals surface area contributed by atoms with Gasteiger partial charge in [0.25, 0.3) is 0 Å². The highest BCUT2D eigenvalue weighted by Gasteiger charge is 2.32. The third-order valence-electron chi connectivity index (χ3n) is 5.22. The van der Waals surface area contributed by atoms with Gasteiger partial charge in [-0.05, 0) is 38.3 Å². The van der Waals surface area contributed by atoms with Gasteiger partial charge in [0.05, 0.1) is 6.10 Å². The first-order valence-corrected chi connectivity index (χ1v) is 9.73. The topological polar surface area (TPSA) is 23.5 Å². The summed E-state index contributed by atoms with van der Waals surface area (Å²) in [5.41, 5.74) is 1.32. The van der Waals surface area contributed by atoms with Crippen molar-refractivity contribution in [2.75, 3.05) is 4.90 Å². The molecule has 1 aliphatic heterocycles. The molecule has 23 heavy (non-hydrogen) atoms. The van der Waals surface area contributed by atoms with E-state index in [2.05, 4.69) is 49.1 Å². The molecule has 2 heteroatoms. The quantitative estimate of drug-likeness (QED) is 0.604. The summed E-state index contributed by atoms with van der Waals surface area (Å²) in [4.78, 5) is 2.56. The molecule has 1 heterocycles. The van der Waals surface area contributed by atoms with E-state index in [1.54, 1.807) is 0 Å². The number of aliphatic hydroxyl groups excluding tert-OH is 1. The zero-order valence-corrected chi connectivity index (χ0v) is 15.1. The minimum Gasteiger partial charge on any atom is -0.393 e. The van der Waals surface area contributed by atoms with Crippen LogP contribution < -0.4 is 4.90 Å². The average Bonchev–Trinajstić information content (AvgIpc) is 2.54. The van der Waals surface area contributed by atoms with E-state index in [9.17, 15) is 5.11 Å². The Kier molecular flexibility index (Phi) is 7.94. The van der Waals surface area contributed by atoms with Gasteiger partial charge in [-0.25, -0.2) is 0 Å². The summed E-state index contributed by atoms with van der Waals surface area (Å²) in [7, 11) is 0. The first kappa shape index (κ1) is 18.3. The van der Waals surface area contributed by atoms with E-state index in [1.165, 1.54) is 57.1 Å². The number of benzene rings is 1. The number of hydrogen-bond acceptors (Lipinski definition) is 2. The van der Waals surface area contributed by atoms with E-state index < -0.39 is 0 Å². The zero-order valence-electron chi connectivity index (χ0n) is 15.1. The van der Waals surface area contributed by atoms with Crippen LogP contribution in [0.25, 0.3) is 0 Å². The molecule has 1 aromatic rings. The average molecular weight is 318 g/mol. The van der Waals surface area contributed by atoms with Gasteiger partial charge in [-0.15, -0.1) is 0 Å². The normalized spacial score (nSPS) is 24.8. The van der Waals surface area contributed by atoms with Crippen LogP contribution in [0.5, 0.6) is 0 Å². The van der Waals surface area contributed by atoms with Crippen molar-refractivity contribution < 1.29 is 5.11 Å². The Hall–Kier alpha value is -1.02. The van der Waals surface area contributed by atoms with Crippen LogP contribution in [0, 0.1) is 0 Å². The van der Waals surface area contributed by atoms with Crippen molar-refractivity contribution in [3.8, 4) is 0 Å². The Morgan fingerprint density at radius 2 is 1.61 bits per heavy atom. The van der Waals surface area contributed by atoms with E-state index in [-0.39, 0.29) is 6.10 Å². The molecule has 2 rings (SSSR count). The molecular formula is C21H35NO. The van der Waals surface area contributed by atoms with Crippen LogP contribution in [0.3, 0.4) is 0 Å². The van der Waals surface area contributed by atoms with Gasteiger partial charge in [-0.2, -0.15) is 0 Å². The molecular weight excluding hydrogens is 282 g/mol. The predicted octanol–water partition coefficient (Wildman–Crippen LogP) is 5.55. The fourth-order valence-corrected chi connectivity index (χ4v) is 4.05. The lowest BCUT2D eigenvalue weighted by Gasteiger charge is -2.44. The zero-order chi connectivity index (χ0) is 16.5. The first-order chi connectivity index (χ1) is 11.2. The fraction of sp³-hybridized carbons (Fsp3) is 0.714. The minimum atomic E-state index is -0.125. The molecule has 0 bridgehead atoms. The number of anilines is 1. The molecule has 0 saturated carbocycles. The van der Waals surface area contributed by atoms with E-state index in [4.69, 9.17) is 0 Å². The van der Waals surface area contributed by atoms with Crippen molar-refractivity contribution >= 4 is 5.69 Å². The summed E-state index contributed by atoms with van der Waals surface area (Å²) >= 11 is 0. The molecule has 0 amide bonds. The van der Waals surface area contributed by atoms with Crippen LogP contribution in [-0.2, 0) is 0 Å². The molecule has 0 aromatic heterocycles. The summed E-state index contributed by atoms with van der Waals surface area (Å²) in [5, 5.41) is 10.2. The monoisotopic (exact) mass is 317 g/mol. The summed E-state index contributed by atoms with van der Waals surface area (Å²) in [6.45, 7) is 4.53. The Morgan fingerprint density at radius 1 is 0.957 bits per heavy atom. The third-order valence-corrected chi connectivity index (χ3v) is 5.22. The molecule has 3 atom stereocenters. The molecule has 1 aliphatic rings. The van der Waals surface area contributed by atoms with E-state index in [1.807, 2.05) is 0 Å². The maximum atomic E-state index is 10.2. The third kappa shape index (κ3) is 5.84. The number of hydrogen-bond donors (Lipinski definition) is 1. The molecule has 130 valence electrons. The van der Waals surface area contributed by atoms with Crippen molar-refractivity contribution in [3.05, 3.63) is 30.3 Å². The lowest BCUT2D eigenvalue weighted by molar-refractivity contribution is 0.110. The van der Waals surface area contributed by atoms with Crippen molar-refractivity contribution in [1.29, 1.82) is 0 Å². The molecule has 1 N–H and O–H groups in total. The largest absolute Gasteiger partial charge is 0.393 e. The second-order valence-corrected chi connectivity index (χ2v) is 7.28. The molecule has 1 saturated heterocycles. The van der Waals surface area contributed by atoms with Crippen LogP contribution in [0.1, 0.15) is 78.1 Å². The van der Waals surface area contributed by atoms with Gasteiger partial charge in [-0.1, -0.05) is 70.1 Å². The van der Waals surface area contributed by atoms with E-state index in [0.717, 1.165) is 12.8 Å². The van der Waals surface area contributed by atoms with Gasteiger partial charge in [0.1, 0.15) is 0 Å². The standard InChI is InChI=1S/C21H35NO/c1-3-4-5-6-7-8-10-15-20-17-21(23)16-18(2)22(20)19-13-11-9-12-14-19/h9,11-14,18,20-21,23H,3-8,10,15-17H2,1-2H3/t18-,20+,21+/m0/s1. The van der Waals surface area contributed by atoms with Gasteiger partial charge in [0, 0.05) is 17.8 Å². The van der Waals surface area contributed by atoms with Crippen LogP contribution in [0.4, 0.5) is 5.69 Å². The van der Waals surface area contributed by atoms with Gasteiger partial charge in [-0.3, -0.25) is 0 Å². The molecule has 0 spiro atoms. The SMILES string of the molecule is CCCCCCCCC[C@@H]1C[C@H](O)C[C@H](C)N1c1ccccc1. The van der Waals surface area contributed by atoms with Crippen molar-refractivity contribution in [1.82, 2.24) is 0 Å². The highest BCUT2D eigenvalue weighted by Crippen LogP contribution is 2.31. The molecule has 0 aliphatic carbocycles. The van der Waals surface area contributed by atoms with E-state index >= 15 is 0 Å². The predicted molar refractivity (Wildman–Crippen MR) is 100 cm³/mol. The van der Waals surface area contributed by atoms with Crippen LogP contribution in [0.2, 0.25) is 0 Å². The maximum absolute atomic E-state index is 10.2. The lowest BCUT2D eigenvalue weighted by Crippen LogP contribution is -2.49. The summed E-state index contributed by atoms with van der Waals surface area (Å²) in [6.07, 6.45) is 12.4. The van der Waals surface area contributed by atoms with Gasteiger partial charge in [0.15, 0.2) is 0 Å². The number of aliphatic hydroxyl groups is 1. The van der Waals surface area contributed by atoms with Crippen molar-refractivity contribution in [2.24, 2.45) is 0 Å². The first-order valence-electron chi connectivity index (χ1n) is 9.73.